The van der Waals surface area contributed by atoms with E-state index in [9.17, 15) is 0 Å². The lowest BCUT2D eigenvalue weighted by atomic mass is 10.0. The number of para-hydroxylation sites is 1. The predicted octanol–water partition coefficient (Wildman–Crippen LogP) is 11.1. The van der Waals surface area contributed by atoms with E-state index in [4.69, 9.17) is 16.8 Å². The molecule has 43 heavy (non-hydrogen) atoms. The van der Waals surface area contributed by atoms with Crippen LogP contribution in [-0.2, 0) is 0 Å². The number of benzene rings is 6. The van der Waals surface area contributed by atoms with E-state index in [2.05, 4.69) is 60.7 Å². The summed E-state index contributed by atoms with van der Waals surface area (Å²) in [4.78, 5) is 10.3. The smallest absolute Gasteiger partial charge is 0.235 e. The van der Waals surface area contributed by atoms with Crippen LogP contribution in [0.1, 0.15) is 6.85 Å². The molecule has 0 saturated heterocycles. The molecule has 5 heteroatoms. The average molecular weight is 589 g/mol. The summed E-state index contributed by atoms with van der Waals surface area (Å²) in [6.07, 6.45) is 0. The van der Waals surface area contributed by atoms with Crippen molar-refractivity contribution in [3.05, 3.63) is 127 Å². The van der Waals surface area contributed by atoms with E-state index in [0.717, 1.165) is 37.3 Å². The second kappa shape index (κ2) is 8.71. The minimum absolute atomic E-state index is 0.0687. The van der Waals surface area contributed by atoms with Gasteiger partial charge in [-0.15, -0.1) is 22.7 Å². The second-order valence-electron chi connectivity index (χ2n) is 10.6. The monoisotopic (exact) mass is 588 g/mol. The van der Waals surface area contributed by atoms with Gasteiger partial charge >= 0.3 is 0 Å². The largest absolute Gasteiger partial charge is 0.278 e. The number of rotatable bonds is 2. The molecule has 0 aliphatic heterocycles. The van der Waals surface area contributed by atoms with Crippen LogP contribution in [0.5, 0.6) is 0 Å². The van der Waals surface area contributed by atoms with E-state index in [1.54, 1.807) is 11.3 Å². The van der Waals surface area contributed by atoms with Crippen LogP contribution in [0.3, 0.4) is 0 Å². The molecule has 0 N–H and O–H groups in total. The third-order valence-corrected chi connectivity index (χ3v) is 10.6. The Bertz CT molecular complexity index is 3000. The Kier molecular flexibility index (Phi) is 3.88. The first kappa shape index (κ1) is 19.2. The maximum absolute atomic E-state index is 8.86. The van der Waals surface area contributed by atoms with Crippen LogP contribution >= 0.6 is 22.7 Å². The molecular formula is C38H21N3S2. The van der Waals surface area contributed by atoms with Gasteiger partial charge in [0.25, 0.3) is 0 Å². The highest BCUT2D eigenvalue weighted by Gasteiger charge is 2.21. The number of hydrogen-bond donors (Lipinski definition) is 0. The van der Waals surface area contributed by atoms with Gasteiger partial charge in [-0.2, -0.15) is 0 Å². The van der Waals surface area contributed by atoms with Gasteiger partial charge in [-0.05, 0) is 47.2 Å². The SMILES string of the molecule is [2H]c1c([2H])c([2H])c(-c2nc(-n3c4ccccc4c4cc5c(ccc6sc7ccccc7c65)cc43)nc3c2sc2ccccc23)c([2H])c1[2H]. The van der Waals surface area contributed by atoms with Gasteiger partial charge in [-0.3, -0.25) is 4.57 Å². The summed E-state index contributed by atoms with van der Waals surface area (Å²) >= 11 is 3.27. The number of aromatic nitrogens is 3. The summed E-state index contributed by atoms with van der Waals surface area (Å²) in [6, 6.07) is 31.7. The van der Waals surface area contributed by atoms with Crippen LogP contribution in [0.25, 0.3) is 90.3 Å². The van der Waals surface area contributed by atoms with Crippen LogP contribution in [0.4, 0.5) is 0 Å². The Morgan fingerprint density at radius 1 is 0.581 bits per heavy atom. The molecule has 3 nitrogen and oxygen atoms in total. The molecule has 0 amide bonds. The quantitative estimate of drug-likeness (QED) is 0.201. The molecule has 200 valence electrons. The summed E-state index contributed by atoms with van der Waals surface area (Å²) in [7, 11) is 0. The lowest BCUT2D eigenvalue weighted by Gasteiger charge is -2.10. The van der Waals surface area contributed by atoms with Crippen molar-refractivity contribution in [1.82, 2.24) is 14.5 Å². The predicted molar refractivity (Wildman–Crippen MR) is 185 cm³/mol. The first-order chi connectivity index (χ1) is 23.4. The molecule has 10 rings (SSSR count). The zero-order chi connectivity index (χ0) is 32.4. The standard InChI is InChI=1S/C38H21N3S2/c1-2-10-22(11-3-1)35-37-36(26-14-6-9-17-32(26)43-37)40-38(39-35)41-29-15-7-4-12-24(29)28-21-27-23(20-30(28)41)18-19-33-34(27)25-13-5-8-16-31(25)42-33/h1-21H/i1D,2D,3D,10D,11D. The van der Waals surface area contributed by atoms with E-state index in [1.165, 1.54) is 36.9 Å². The maximum atomic E-state index is 8.86. The van der Waals surface area contributed by atoms with Gasteiger partial charge in [0.05, 0.1) is 33.8 Å². The second-order valence-corrected chi connectivity index (χ2v) is 12.8. The van der Waals surface area contributed by atoms with Gasteiger partial charge in [-0.25, -0.2) is 9.97 Å². The fourth-order valence-electron chi connectivity index (χ4n) is 6.44. The zero-order valence-electron chi connectivity index (χ0n) is 27.4. The summed E-state index contributed by atoms with van der Waals surface area (Å²) in [5, 5.41) is 7.80. The van der Waals surface area contributed by atoms with Crippen molar-refractivity contribution in [1.29, 1.82) is 0 Å². The van der Waals surface area contributed by atoms with E-state index in [0.29, 0.717) is 21.9 Å². The van der Waals surface area contributed by atoms with Crippen LogP contribution < -0.4 is 0 Å². The van der Waals surface area contributed by atoms with Gasteiger partial charge in [0.1, 0.15) is 0 Å². The Hall–Kier alpha value is -5.10. The fourth-order valence-corrected chi connectivity index (χ4v) is 8.70. The number of fused-ring (bicyclic) bond motifs is 11. The van der Waals surface area contributed by atoms with Gasteiger partial charge in [0, 0.05) is 46.6 Å². The van der Waals surface area contributed by atoms with Gasteiger partial charge < -0.3 is 0 Å². The van der Waals surface area contributed by atoms with Gasteiger partial charge in [0.15, 0.2) is 0 Å². The Morgan fingerprint density at radius 2 is 1.33 bits per heavy atom. The molecule has 0 saturated carbocycles. The van der Waals surface area contributed by atoms with E-state index in [1.807, 2.05) is 41.0 Å². The van der Waals surface area contributed by atoms with Crippen molar-refractivity contribution in [2.24, 2.45) is 0 Å². The highest BCUT2D eigenvalue weighted by Crippen LogP contribution is 2.43. The topological polar surface area (TPSA) is 30.7 Å². The zero-order valence-corrected chi connectivity index (χ0v) is 24.0. The van der Waals surface area contributed by atoms with Crippen molar-refractivity contribution in [3.63, 3.8) is 0 Å². The molecule has 0 spiro atoms. The fraction of sp³-hybridized carbons (Fsp3) is 0. The van der Waals surface area contributed by atoms with Crippen LogP contribution in [0.2, 0.25) is 0 Å². The molecule has 4 aromatic heterocycles. The lowest BCUT2D eigenvalue weighted by molar-refractivity contribution is 1.02. The lowest BCUT2D eigenvalue weighted by Crippen LogP contribution is -2.02. The minimum atomic E-state index is -0.433. The summed E-state index contributed by atoms with van der Waals surface area (Å²) in [5.41, 5.74) is 2.92. The molecular weight excluding hydrogens is 563 g/mol. The maximum Gasteiger partial charge on any atom is 0.235 e. The van der Waals surface area contributed by atoms with E-state index in [-0.39, 0.29) is 17.6 Å². The van der Waals surface area contributed by atoms with Crippen LogP contribution in [0, 0.1) is 0 Å². The molecule has 0 atom stereocenters. The Morgan fingerprint density at radius 3 is 2.19 bits per heavy atom. The first-order valence-electron chi connectivity index (χ1n) is 16.4. The highest BCUT2D eigenvalue weighted by atomic mass is 32.1. The minimum Gasteiger partial charge on any atom is -0.278 e. The average Bonchev–Trinajstić information content (AvgIpc) is 3.78. The third kappa shape index (κ3) is 3.29. The Labute approximate surface area is 260 Å². The van der Waals surface area contributed by atoms with Crippen molar-refractivity contribution in [3.8, 4) is 17.2 Å². The molecule has 0 bridgehead atoms. The van der Waals surface area contributed by atoms with Crippen molar-refractivity contribution >= 4 is 95.7 Å². The Balaban J connectivity index is 1.36. The highest BCUT2D eigenvalue weighted by molar-refractivity contribution is 7.26. The van der Waals surface area contributed by atoms with Crippen molar-refractivity contribution in [2.75, 3.05) is 0 Å². The van der Waals surface area contributed by atoms with Gasteiger partial charge in [-0.1, -0.05) is 90.9 Å². The van der Waals surface area contributed by atoms with E-state index < -0.39 is 18.1 Å². The van der Waals surface area contributed by atoms with Crippen LogP contribution in [0.15, 0.2) is 127 Å². The third-order valence-electron chi connectivity index (χ3n) is 8.29. The molecule has 0 aliphatic carbocycles. The van der Waals surface area contributed by atoms with E-state index >= 15 is 0 Å². The molecule has 10 aromatic rings. The molecule has 0 unspecified atom stereocenters. The molecule has 0 fully saturated rings. The molecule has 0 aliphatic rings. The number of thiophene rings is 2. The molecule has 4 heterocycles. The van der Waals surface area contributed by atoms with Crippen molar-refractivity contribution < 1.29 is 6.85 Å². The molecule has 6 aromatic carbocycles. The van der Waals surface area contributed by atoms with Crippen LogP contribution in [-0.4, -0.2) is 14.5 Å². The van der Waals surface area contributed by atoms with Gasteiger partial charge in [0.2, 0.25) is 5.95 Å². The molecule has 0 radical (unpaired) electrons. The summed E-state index contributed by atoms with van der Waals surface area (Å²) in [5.74, 6) is 0.375. The first-order valence-corrected chi connectivity index (χ1v) is 15.6. The normalized spacial score (nSPS) is 13.8. The summed E-state index contributed by atoms with van der Waals surface area (Å²) < 4.78 is 49.0. The van der Waals surface area contributed by atoms with Crippen molar-refractivity contribution in [2.45, 2.75) is 0 Å². The number of nitrogens with zero attached hydrogens (tertiary/aromatic N) is 3. The number of hydrogen-bond acceptors (Lipinski definition) is 4. The summed E-state index contributed by atoms with van der Waals surface area (Å²) in [6.45, 7) is 0.